The van der Waals surface area contributed by atoms with Crippen LogP contribution in [0.3, 0.4) is 0 Å². The lowest BCUT2D eigenvalue weighted by atomic mass is 10.1. The second kappa shape index (κ2) is 5.92. The number of rotatable bonds is 5. The van der Waals surface area contributed by atoms with Crippen molar-refractivity contribution in [2.24, 2.45) is 0 Å². The molecule has 0 radical (unpaired) electrons. The van der Waals surface area contributed by atoms with E-state index >= 15 is 0 Å². The Morgan fingerprint density at radius 3 is 3.00 bits per heavy atom. The molecule has 0 saturated carbocycles. The third kappa shape index (κ3) is 2.91. The highest BCUT2D eigenvalue weighted by Gasteiger charge is 2.17. The van der Waals surface area contributed by atoms with Crippen LogP contribution in [-0.2, 0) is 6.61 Å². The molecule has 0 atom stereocenters. The number of nitrogens with zero attached hydrogens (tertiary/aromatic N) is 1. The molecule has 0 aliphatic carbocycles. The van der Waals surface area contributed by atoms with E-state index in [0.717, 1.165) is 31.0 Å². The van der Waals surface area contributed by atoms with Crippen molar-refractivity contribution in [3.63, 3.8) is 0 Å². The van der Waals surface area contributed by atoms with Crippen LogP contribution in [0.25, 0.3) is 0 Å². The summed E-state index contributed by atoms with van der Waals surface area (Å²) >= 11 is 0. The van der Waals surface area contributed by atoms with E-state index in [-0.39, 0.29) is 6.61 Å². The molecule has 1 aliphatic rings. The first kappa shape index (κ1) is 12.2. The third-order valence-corrected chi connectivity index (χ3v) is 3.20. The Balaban J connectivity index is 2.08. The van der Waals surface area contributed by atoms with Gasteiger partial charge in [-0.1, -0.05) is 25.8 Å². The van der Waals surface area contributed by atoms with Crippen LogP contribution in [0.2, 0.25) is 0 Å². The molecule has 0 unspecified atom stereocenters. The second-order valence-corrected chi connectivity index (χ2v) is 4.50. The summed E-state index contributed by atoms with van der Waals surface area (Å²) in [5.41, 5.74) is 2.09. The molecule has 1 aromatic rings. The van der Waals surface area contributed by atoms with Crippen LogP contribution in [-0.4, -0.2) is 24.8 Å². The van der Waals surface area contributed by atoms with Crippen LogP contribution >= 0.6 is 0 Å². The van der Waals surface area contributed by atoms with Crippen LogP contribution in [0.4, 0.5) is 5.69 Å². The number of hydrogen-bond donors (Lipinski definition) is 1. The molecule has 0 fully saturated rings. The fourth-order valence-corrected chi connectivity index (χ4v) is 2.20. The first-order valence-electron chi connectivity index (χ1n) is 6.46. The minimum Gasteiger partial charge on any atom is -0.490 e. The van der Waals surface area contributed by atoms with Crippen molar-refractivity contribution in [2.75, 3.05) is 24.6 Å². The van der Waals surface area contributed by atoms with Crippen molar-refractivity contribution in [3.8, 4) is 5.75 Å². The number of hydrogen-bond acceptors (Lipinski definition) is 3. The van der Waals surface area contributed by atoms with Gasteiger partial charge >= 0.3 is 0 Å². The zero-order valence-electron chi connectivity index (χ0n) is 10.5. The van der Waals surface area contributed by atoms with Crippen LogP contribution in [0.15, 0.2) is 18.2 Å². The summed E-state index contributed by atoms with van der Waals surface area (Å²) in [6.07, 6.45) is 3.76. The van der Waals surface area contributed by atoms with Gasteiger partial charge in [0.1, 0.15) is 12.4 Å². The lowest BCUT2D eigenvalue weighted by Crippen LogP contribution is -2.33. The van der Waals surface area contributed by atoms with E-state index in [1.165, 1.54) is 24.9 Å². The minimum absolute atomic E-state index is 0.0759. The van der Waals surface area contributed by atoms with Gasteiger partial charge in [-0.2, -0.15) is 0 Å². The summed E-state index contributed by atoms with van der Waals surface area (Å²) in [5, 5.41) is 9.11. The van der Waals surface area contributed by atoms with Crippen molar-refractivity contribution in [2.45, 2.75) is 32.8 Å². The Morgan fingerprint density at radius 2 is 2.24 bits per heavy atom. The lowest BCUT2D eigenvalue weighted by molar-refractivity contribution is 0.278. The summed E-state index contributed by atoms with van der Waals surface area (Å²) in [4.78, 5) is 2.38. The fourth-order valence-electron chi connectivity index (χ4n) is 2.20. The van der Waals surface area contributed by atoms with Gasteiger partial charge in [0.15, 0.2) is 0 Å². The SMILES string of the molecule is CCCCCN1CCOc2cc(CO)ccc21. The van der Waals surface area contributed by atoms with E-state index in [9.17, 15) is 0 Å². The van der Waals surface area contributed by atoms with Gasteiger partial charge in [0.2, 0.25) is 0 Å². The quantitative estimate of drug-likeness (QED) is 0.796. The minimum atomic E-state index is 0.0759. The van der Waals surface area contributed by atoms with Crippen molar-refractivity contribution in [1.82, 2.24) is 0 Å². The van der Waals surface area contributed by atoms with Crippen molar-refractivity contribution < 1.29 is 9.84 Å². The third-order valence-electron chi connectivity index (χ3n) is 3.20. The van der Waals surface area contributed by atoms with E-state index in [1.54, 1.807) is 0 Å². The molecular formula is C14H21NO2. The summed E-state index contributed by atoms with van der Waals surface area (Å²) in [6.45, 7) is 5.11. The first-order valence-corrected chi connectivity index (χ1v) is 6.46. The van der Waals surface area contributed by atoms with E-state index in [4.69, 9.17) is 9.84 Å². The zero-order valence-corrected chi connectivity index (χ0v) is 10.5. The normalized spacial score (nSPS) is 14.4. The number of aliphatic hydroxyl groups excluding tert-OH is 1. The predicted octanol–water partition coefficient (Wildman–Crippen LogP) is 2.57. The number of unbranched alkanes of at least 4 members (excludes halogenated alkanes) is 2. The van der Waals surface area contributed by atoms with Crippen LogP contribution in [0.5, 0.6) is 5.75 Å². The Bertz CT molecular complexity index is 365. The number of benzene rings is 1. The molecule has 0 bridgehead atoms. The van der Waals surface area contributed by atoms with Gasteiger partial charge < -0.3 is 14.7 Å². The van der Waals surface area contributed by atoms with E-state index in [1.807, 2.05) is 12.1 Å². The molecule has 17 heavy (non-hydrogen) atoms. The highest BCUT2D eigenvalue weighted by atomic mass is 16.5. The second-order valence-electron chi connectivity index (χ2n) is 4.50. The van der Waals surface area contributed by atoms with Gasteiger partial charge in [-0.05, 0) is 24.1 Å². The smallest absolute Gasteiger partial charge is 0.143 e. The largest absolute Gasteiger partial charge is 0.490 e. The highest BCUT2D eigenvalue weighted by Crippen LogP contribution is 2.32. The van der Waals surface area contributed by atoms with Gasteiger partial charge in [0.25, 0.3) is 0 Å². The van der Waals surface area contributed by atoms with Crippen molar-refractivity contribution in [1.29, 1.82) is 0 Å². The van der Waals surface area contributed by atoms with Crippen LogP contribution in [0, 0.1) is 0 Å². The average molecular weight is 235 g/mol. The van der Waals surface area contributed by atoms with Gasteiger partial charge in [0.05, 0.1) is 18.8 Å². The molecule has 1 heterocycles. The first-order chi connectivity index (χ1) is 8.35. The number of fused-ring (bicyclic) bond motifs is 1. The van der Waals surface area contributed by atoms with Crippen molar-refractivity contribution >= 4 is 5.69 Å². The molecular weight excluding hydrogens is 214 g/mol. The summed E-state index contributed by atoms with van der Waals surface area (Å²) in [5.74, 6) is 0.916. The van der Waals surface area contributed by atoms with Crippen LogP contribution in [0.1, 0.15) is 31.7 Å². The fraction of sp³-hybridized carbons (Fsp3) is 0.571. The Hall–Kier alpha value is -1.22. The predicted molar refractivity (Wildman–Crippen MR) is 69.6 cm³/mol. The standard InChI is InChI=1S/C14H21NO2/c1-2-3-4-7-15-8-9-17-14-10-12(11-16)5-6-13(14)15/h5-6,10,16H,2-4,7-9,11H2,1H3. The molecule has 3 heteroatoms. The molecule has 2 rings (SSSR count). The number of ether oxygens (including phenoxy) is 1. The zero-order chi connectivity index (χ0) is 12.1. The Kier molecular flexibility index (Phi) is 4.26. The summed E-state index contributed by atoms with van der Waals surface area (Å²) in [6, 6.07) is 5.98. The average Bonchev–Trinajstić information content (AvgIpc) is 2.38. The maximum absolute atomic E-state index is 9.11. The topological polar surface area (TPSA) is 32.7 Å². The van der Waals surface area contributed by atoms with Crippen molar-refractivity contribution in [3.05, 3.63) is 23.8 Å². The Morgan fingerprint density at radius 1 is 1.35 bits per heavy atom. The summed E-state index contributed by atoms with van der Waals surface area (Å²) in [7, 11) is 0. The molecule has 94 valence electrons. The molecule has 1 aliphatic heterocycles. The van der Waals surface area contributed by atoms with Gasteiger partial charge in [-0.15, -0.1) is 0 Å². The Labute approximate surface area is 103 Å². The molecule has 0 saturated heterocycles. The molecule has 0 spiro atoms. The van der Waals surface area contributed by atoms with Gasteiger partial charge in [-0.3, -0.25) is 0 Å². The van der Waals surface area contributed by atoms with Gasteiger partial charge in [0, 0.05) is 6.54 Å². The molecule has 1 aromatic carbocycles. The van der Waals surface area contributed by atoms with Crippen LogP contribution < -0.4 is 9.64 Å². The number of anilines is 1. The lowest BCUT2D eigenvalue weighted by Gasteiger charge is -2.31. The van der Waals surface area contributed by atoms with E-state index in [0.29, 0.717) is 0 Å². The van der Waals surface area contributed by atoms with E-state index < -0.39 is 0 Å². The maximum atomic E-state index is 9.11. The van der Waals surface area contributed by atoms with Gasteiger partial charge in [-0.25, -0.2) is 0 Å². The summed E-state index contributed by atoms with van der Waals surface area (Å²) < 4.78 is 5.65. The monoisotopic (exact) mass is 235 g/mol. The highest BCUT2D eigenvalue weighted by molar-refractivity contribution is 5.61. The molecule has 3 nitrogen and oxygen atoms in total. The number of aliphatic hydroxyl groups is 1. The molecule has 0 amide bonds. The molecule has 0 aromatic heterocycles. The van der Waals surface area contributed by atoms with E-state index in [2.05, 4.69) is 17.9 Å². The molecule has 1 N–H and O–H groups in total. The maximum Gasteiger partial charge on any atom is 0.143 e.